The summed E-state index contributed by atoms with van der Waals surface area (Å²) in [6.45, 7) is 5.20. The van der Waals surface area contributed by atoms with Crippen LogP contribution < -0.4 is 0 Å². The van der Waals surface area contributed by atoms with Gasteiger partial charge in [-0.1, -0.05) is 26.0 Å². The van der Waals surface area contributed by atoms with Crippen LogP contribution in [0.4, 0.5) is 0 Å². The summed E-state index contributed by atoms with van der Waals surface area (Å²) >= 11 is 0. The highest BCUT2D eigenvalue weighted by molar-refractivity contribution is 5.96. The smallest absolute Gasteiger partial charge is 0.253 e. The standard InChI is InChI=1S/C13H17NO/c1-9(2)10-5-4-6-12-11(10)7-8-14(3)13(12)15/h4-6,9H,7-8H2,1-3H3. The fourth-order valence-corrected chi connectivity index (χ4v) is 2.21. The molecule has 0 saturated carbocycles. The molecule has 0 saturated heterocycles. The van der Waals surface area contributed by atoms with Crippen LogP contribution in [0, 0.1) is 0 Å². The molecule has 1 aromatic carbocycles. The molecule has 0 bridgehead atoms. The van der Waals surface area contributed by atoms with E-state index in [4.69, 9.17) is 0 Å². The van der Waals surface area contributed by atoms with Crippen molar-refractivity contribution in [2.45, 2.75) is 26.2 Å². The third-order valence-electron chi connectivity index (χ3n) is 3.11. The molecule has 1 aliphatic rings. The van der Waals surface area contributed by atoms with Crippen molar-refractivity contribution in [1.29, 1.82) is 0 Å². The predicted octanol–water partition coefficient (Wildman–Crippen LogP) is 2.44. The van der Waals surface area contributed by atoms with Gasteiger partial charge in [-0.2, -0.15) is 0 Å². The molecule has 0 fully saturated rings. The molecule has 80 valence electrons. The van der Waals surface area contributed by atoms with Gasteiger partial charge < -0.3 is 4.90 Å². The monoisotopic (exact) mass is 203 g/mol. The van der Waals surface area contributed by atoms with E-state index in [9.17, 15) is 4.79 Å². The summed E-state index contributed by atoms with van der Waals surface area (Å²) in [5.74, 6) is 0.662. The van der Waals surface area contributed by atoms with Crippen LogP contribution in [0.2, 0.25) is 0 Å². The molecule has 0 atom stereocenters. The second-order valence-electron chi connectivity index (χ2n) is 4.50. The molecule has 2 nitrogen and oxygen atoms in total. The van der Waals surface area contributed by atoms with Gasteiger partial charge >= 0.3 is 0 Å². The van der Waals surface area contributed by atoms with Crippen LogP contribution in [0.1, 0.15) is 41.3 Å². The number of hydrogen-bond donors (Lipinski definition) is 0. The SMILES string of the molecule is CC(C)c1cccc2c1CCN(C)C2=O. The maximum absolute atomic E-state index is 11.9. The molecule has 1 heterocycles. The first-order valence-corrected chi connectivity index (χ1v) is 5.48. The average molecular weight is 203 g/mol. The predicted molar refractivity (Wildman–Crippen MR) is 61.2 cm³/mol. The molecular weight excluding hydrogens is 186 g/mol. The van der Waals surface area contributed by atoms with Crippen LogP contribution in [0.15, 0.2) is 18.2 Å². The van der Waals surface area contributed by atoms with Crippen LogP contribution >= 0.6 is 0 Å². The van der Waals surface area contributed by atoms with Crippen molar-refractivity contribution < 1.29 is 4.79 Å². The van der Waals surface area contributed by atoms with Crippen molar-refractivity contribution >= 4 is 5.91 Å². The Hall–Kier alpha value is -1.31. The third kappa shape index (κ3) is 1.65. The first-order valence-electron chi connectivity index (χ1n) is 5.48. The number of fused-ring (bicyclic) bond motifs is 1. The number of hydrogen-bond acceptors (Lipinski definition) is 1. The van der Waals surface area contributed by atoms with Gasteiger partial charge in [0.15, 0.2) is 0 Å². The average Bonchev–Trinajstić information content (AvgIpc) is 2.23. The van der Waals surface area contributed by atoms with Crippen molar-refractivity contribution in [3.05, 3.63) is 34.9 Å². The fraction of sp³-hybridized carbons (Fsp3) is 0.462. The Kier molecular flexibility index (Phi) is 2.51. The Labute approximate surface area is 90.9 Å². The molecule has 0 radical (unpaired) electrons. The molecule has 15 heavy (non-hydrogen) atoms. The lowest BCUT2D eigenvalue weighted by Gasteiger charge is -2.27. The quantitative estimate of drug-likeness (QED) is 0.686. The summed E-state index contributed by atoms with van der Waals surface area (Å²) in [4.78, 5) is 13.7. The molecule has 1 amide bonds. The lowest BCUT2D eigenvalue weighted by molar-refractivity contribution is 0.0780. The number of carbonyl (C=O) groups is 1. The van der Waals surface area contributed by atoms with Crippen molar-refractivity contribution in [2.24, 2.45) is 0 Å². The van der Waals surface area contributed by atoms with Gasteiger partial charge in [0.1, 0.15) is 0 Å². The molecule has 0 aliphatic carbocycles. The highest BCUT2D eigenvalue weighted by Gasteiger charge is 2.23. The van der Waals surface area contributed by atoms with E-state index >= 15 is 0 Å². The summed E-state index contributed by atoms with van der Waals surface area (Å²) in [6.07, 6.45) is 0.992. The molecule has 0 aromatic heterocycles. The van der Waals surface area contributed by atoms with E-state index in [1.807, 2.05) is 19.2 Å². The van der Waals surface area contributed by atoms with Gasteiger partial charge in [0.25, 0.3) is 5.91 Å². The van der Waals surface area contributed by atoms with Gasteiger partial charge in [-0.15, -0.1) is 0 Å². The lowest BCUT2D eigenvalue weighted by atomic mass is 9.89. The number of likely N-dealkylation sites (N-methyl/N-ethyl adjacent to an activating group) is 1. The van der Waals surface area contributed by atoms with E-state index in [-0.39, 0.29) is 5.91 Å². The van der Waals surface area contributed by atoms with Crippen molar-refractivity contribution in [3.63, 3.8) is 0 Å². The largest absolute Gasteiger partial charge is 0.341 e. The van der Waals surface area contributed by atoms with E-state index in [0.29, 0.717) is 5.92 Å². The number of carbonyl (C=O) groups excluding carboxylic acids is 1. The second kappa shape index (κ2) is 3.69. The van der Waals surface area contributed by atoms with E-state index in [2.05, 4.69) is 19.9 Å². The number of benzene rings is 1. The summed E-state index contributed by atoms with van der Waals surface area (Å²) in [5, 5.41) is 0. The minimum absolute atomic E-state index is 0.166. The van der Waals surface area contributed by atoms with E-state index in [1.54, 1.807) is 4.90 Å². The zero-order chi connectivity index (χ0) is 11.0. The lowest BCUT2D eigenvalue weighted by Crippen LogP contribution is -2.34. The molecule has 2 heteroatoms. The van der Waals surface area contributed by atoms with E-state index in [1.165, 1.54) is 11.1 Å². The van der Waals surface area contributed by atoms with Gasteiger partial charge in [-0.05, 0) is 29.5 Å². The minimum Gasteiger partial charge on any atom is -0.341 e. The number of nitrogens with zero attached hydrogens (tertiary/aromatic N) is 1. The zero-order valence-electron chi connectivity index (χ0n) is 9.58. The first-order chi connectivity index (χ1) is 7.11. The number of amides is 1. The first kappa shape index (κ1) is 10.2. The van der Waals surface area contributed by atoms with Gasteiger partial charge in [-0.3, -0.25) is 4.79 Å². The maximum atomic E-state index is 11.9. The highest BCUT2D eigenvalue weighted by atomic mass is 16.2. The Morgan fingerprint density at radius 3 is 2.73 bits per heavy atom. The van der Waals surface area contributed by atoms with Crippen molar-refractivity contribution in [1.82, 2.24) is 4.90 Å². The van der Waals surface area contributed by atoms with Crippen LogP contribution in [0.3, 0.4) is 0 Å². The minimum atomic E-state index is 0.166. The molecule has 1 aromatic rings. The van der Waals surface area contributed by atoms with E-state index in [0.717, 1.165) is 18.5 Å². The maximum Gasteiger partial charge on any atom is 0.253 e. The highest BCUT2D eigenvalue weighted by Crippen LogP contribution is 2.26. The van der Waals surface area contributed by atoms with Gasteiger partial charge in [0, 0.05) is 19.2 Å². The molecule has 2 rings (SSSR count). The number of rotatable bonds is 1. The Morgan fingerprint density at radius 1 is 1.33 bits per heavy atom. The van der Waals surface area contributed by atoms with Crippen molar-refractivity contribution in [2.75, 3.05) is 13.6 Å². The summed E-state index contributed by atoms with van der Waals surface area (Å²) in [7, 11) is 1.87. The summed E-state index contributed by atoms with van der Waals surface area (Å²) in [6, 6.07) is 6.08. The molecular formula is C13H17NO. The van der Waals surface area contributed by atoms with Crippen LogP contribution in [0.5, 0.6) is 0 Å². The van der Waals surface area contributed by atoms with Crippen LogP contribution in [-0.4, -0.2) is 24.4 Å². The topological polar surface area (TPSA) is 20.3 Å². The molecule has 0 N–H and O–H groups in total. The Morgan fingerprint density at radius 2 is 2.07 bits per heavy atom. The summed E-state index contributed by atoms with van der Waals surface area (Å²) in [5.41, 5.74) is 3.49. The summed E-state index contributed by atoms with van der Waals surface area (Å²) < 4.78 is 0. The molecule has 0 spiro atoms. The molecule has 1 aliphatic heterocycles. The van der Waals surface area contributed by atoms with Gasteiger partial charge in [-0.25, -0.2) is 0 Å². The van der Waals surface area contributed by atoms with Gasteiger partial charge in [0.05, 0.1) is 0 Å². The van der Waals surface area contributed by atoms with Crippen LogP contribution in [-0.2, 0) is 6.42 Å². The molecule has 0 unspecified atom stereocenters. The second-order valence-corrected chi connectivity index (χ2v) is 4.50. The van der Waals surface area contributed by atoms with Crippen LogP contribution in [0.25, 0.3) is 0 Å². The van der Waals surface area contributed by atoms with Gasteiger partial charge in [0.2, 0.25) is 0 Å². The third-order valence-corrected chi connectivity index (χ3v) is 3.11. The van der Waals surface area contributed by atoms with E-state index < -0.39 is 0 Å². The fourth-order valence-electron chi connectivity index (χ4n) is 2.21. The zero-order valence-corrected chi connectivity index (χ0v) is 9.58. The Bertz CT molecular complexity index is 396. The van der Waals surface area contributed by atoms with Crippen molar-refractivity contribution in [3.8, 4) is 0 Å². The Balaban J connectivity index is 2.53. The normalized spacial score (nSPS) is 15.7.